The lowest BCUT2D eigenvalue weighted by atomic mass is 10.2. The monoisotopic (exact) mass is 256 g/mol. The number of rotatable bonds is 3. The highest BCUT2D eigenvalue weighted by Gasteiger charge is 2.08. The smallest absolute Gasteiger partial charge is 0.198 e. The molecule has 0 N–H and O–H groups in total. The van der Waals surface area contributed by atoms with Gasteiger partial charge in [-0.25, -0.2) is 0 Å². The third kappa shape index (κ3) is 2.20. The zero-order valence-electron chi connectivity index (χ0n) is 10.6. The first-order chi connectivity index (χ1) is 9.26. The fraction of sp³-hybridized carbons (Fsp3) is 0.154. The molecule has 2 aromatic heterocycles. The molecule has 0 saturated heterocycles. The molecule has 0 fully saturated rings. The van der Waals surface area contributed by atoms with Crippen LogP contribution < -0.4 is 4.74 Å². The number of aromatic nitrogens is 4. The third-order valence-electron chi connectivity index (χ3n) is 2.73. The Morgan fingerprint density at radius 3 is 2.63 bits per heavy atom. The molecule has 0 spiro atoms. The van der Waals surface area contributed by atoms with Crippen molar-refractivity contribution < 1.29 is 9.26 Å². The first kappa shape index (κ1) is 11.5. The van der Waals surface area contributed by atoms with Crippen molar-refractivity contribution in [3.05, 3.63) is 42.3 Å². The molecule has 0 aliphatic heterocycles. The first-order valence-corrected chi connectivity index (χ1v) is 5.77. The van der Waals surface area contributed by atoms with Crippen LogP contribution in [-0.4, -0.2) is 27.3 Å². The van der Waals surface area contributed by atoms with E-state index in [1.54, 1.807) is 24.1 Å². The summed E-state index contributed by atoms with van der Waals surface area (Å²) in [6.45, 7) is 1.83. The maximum absolute atomic E-state index is 5.12. The lowest BCUT2D eigenvalue weighted by Crippen LogP contribution is -1.94. The zero-order chi connectivity index (χ0) is 13.2. The van der Waals surface area contributed by atoms with Crippen molar-refractivity contribution >= 4 is 0 Å². The molecular weight excluding hydrogens is 244 g/mol. The molecule has 6 nitrogen and oxygen atoms in total. The van der Waals surface area contributed by atoms with Gasteiger partial charge in [0.2, 0.25) is 0 Å². The molecule has 0 aliphatic carbocycles. The fourth-order valence-corrected chi connectivity index (χ4v) is 1.73. The Morgan fingerprint density at radius 1 is 1.21 bits per heavy atom. The highest BCUT2D eigenvalue weighted by Crippen LogP contribution is 2.20. The minimum atomic E-state index is 0.616. The summed E-state index contributed by atoms with van der Waals surface area (Å²) in [6.07, 6.45) is 1.80. The Labute approximate surface area is 109 Å². The second-order valence-electron chi connectivity index (χ2n) is 4.07. The summed E-state index contributed by atoms with van der Waals surface area (Å²) >= 11 is 0. The molecule has 3 rings (SSSR count). The van der Waals surface area contributed by atoms with Crippen LogP contribution in [0.4, 0.5) is 0 Å². The van der Waals surface area contributed by atoms with Crippen LogP contribution >= 0.6 is 0 Å². The molecule has 1 aromatic carbocycles. The predicted molar refractivity (Wildman–Crippen MR) is 68.1 cm³/mol. The summed E-state index contributed by atoms with van der Waals surface area (Å²) in [6, 6.07) is 9.43. The molecule has 0 atom stereocenters. The Bertz CT molecular complexity index is 685. The van der Waals surface area contributed by atoms with E-state index in [9.17, 15) is 0 Å². The van der Waals surface area contributed by atoms with Crippen molar-refractivity contribution in [3.63, 3.8) is 0 Å². The molecule has 0 aliphatic rings. The van der Waals surface area contributed by atoms with Crippen LogP contribution in [-0.2, 0) is 0 Å². The fourth-order valence-electron chi connectivity index (χ4n) is 1.73. The lowest BCUT2D eigenvalue weighted by Gasteiger charge is -1.99. The average Bonchev–Trinajstić information content (AvgIpc) is 3.07. The molecule has 0 unspecified atom stereocenters. The van der Waals surface area contributed by atoms with Crippen LogP contribution in [0.3, 0.4) is 0 Å². The largest absolute Gasteiger partial charge is 0.497 e. The number of aryl methyl sites for hydroxylation is 1. The van der Waals surface area contributed by atoms with E-state index in [1.165, 1.54) is 0 Å². The van der Waals surface area contributed by atoms with E-state index in [2.05, 4.69) is 15.5 Å². The van der Waals surface area contributed by atoms with Crippen molar-refractivity contribution in [2.45, 2.75) is 6.92 Å². The van der Waals surface area contributed by atoms with Crippen molar-refractivity contribution in [1.29, 1.82) is 0 Å². The van der Waals surface area contributed by atoms with Gasteiger partial charge >= 0.3 is 0 Å². The van der Waals surface area contributed by atoms with Gasteiger partial charge in [-0.15, -0.1) is 5.10 Å². The molecule has 3 aromatic rings. The van der Waals surface area contributed by atoms with E-state index in [4.69, 9.17) is 9.26 Å². The van der Waals surface area contributed by atoms with Crippen LogP contribution in [0, 0.1) is 6.92 Å². The van der Waals surface area contributed by atoms with Crippen molar-refractivity contribution in [2.75, 3.05) is 7.11 Å². The van der Waals surface area contributed by atoms with Gasteiger partial charge in [0.1, 0.15) is 17.2 Å². The Balaban J connectivity index is 1.91. The van der Waals surface area contributed by atoms with Crippen LogP contribution in [0.15, 0.2) is 41.1 Å². The Hall–Kier alpha value is -2.63. The topological polar surface area (TPSA) is 66.0 Å². The van der Waals surface area contributed by atoms with Crippen LogP contribution in [0.2, 0.25) is 0 Å². The number of hydrogen-bond acceptors (Lipinski definition) is 5. The van der Waals surface area contributed by atoms with Gasteiger partial charge in [0, 0.05) is 11.6 Å². The molecule has 6 heteroatoms. The Morgan fingerprint density at radius 2 is 2.00 bits per heavy atom. The van der Waals surface area contributed by atoms with E-state index >= 15 is 0 Å². The molecule has 0 saturated carbocycles. The van der Waals surface area contributed by atoms with Crippen LogP contribution in [0.5, 0.6) is 5.75 Å². The van der Waals surface area contributed by atoms with Gasteiger partial charge in [-0.3, -0.25) is 0 Å². The van der Waals surface area contributed by atoms with Gasteiger partial charge in [-0.1, -0.05) is 10.4 Å². The summed E-state index contributed by atoms with van der Waals surface area (Å²) in [5.74, 6) is 2.16. The maximum atomic E-state index is 5.12. The molecule has 19 heavy (non-hydrogen) atoms. The molecule has 0 amide bonds. The van der Waals surface area contributed by atoms with Crippen molar-refractivity contribution in [1.82, 2.24) is 20.2 Å². The lowest BCUT2D eigenvalue weighted by molar-refractivity contribution is 0.393. The summed E-state index contributed by atoms with van der Waals surface area (Å²) < 4.78 is 11.7. The zero-order valence-corrected chi connectivity index (χ0v) is 10.6. The molecular formula is C13H12N4O2. The number of benzene rings is 1. The highest BCUT2D eigenvalue weighted by molar-refractivity contribution is 5.59. The molecule has 0 bridgehead atoms. The quantitative estimate of drug-likeness (QED) is 0.719. The SMILES string of the molecule is COc1ccc(-c2cn(-c3cc(C)on3)nn2)cc1. The summed E-state index contributed by atoms with van der Waals surface area (Å²) in [5.41, 5.74) is 1.73. The van der Waals surface area contributed by atoms with Crippen molar-refractivity contribution in [3.8, 4) is 22.8 Å². The average molecular weight is 256 g/mol. The van der Waals surface area contributed by atoms with E-state index in [0.29, 0.717) is 5.82 Å². The molecule has 96 valence electrons. The third-order valence-corrected chi connectivity index (χ3v) is 2.73. The van der Waals surface area contributed by atoms with E-state index in [0.717, 1.165) is 22.8 Å². The Kier molecular flexibility index (Phi) is 2.75. The minimum Gasteiger partial charge on any atom is -0.497 e. The van der Waals surface area contributed by atoms with Crippen LogP contribution in [0.1, 0.15) is 5.76 Å². The minimum absolute atomic E-state index is 0.616. The van der Waals surface area contributed by atoms with E-state index < -0.39 is 0 Å². The predicted octanol–water partition coefficient (Wildman–Crippen LogP) is 2.24. The number of hydrogen-bond donors (Lipinski definition) is 0. The van der Waals surface area contributed by atoms with Gasteiger partial charge in [0.05, 0.1) is 13.3 Å². The normalized spacial score (nSPS) is 10.6. The highest BCUT2D eigenvalue weighted by atomic mass is 16.5. The summed E-state index contributed by atoms with van der Waals surface area (Å²) in [5, 5.41) is 12.0. The number of methoxy groups -OCH3 is 1. The van der Waals surface area contributed by atoms with Gasteiger partial charge < -0.3 is 9.26 Å². The summed E-state index contributed by atoms with van der Waals surface area (Å²) in [4.78, 5) is 0. The molecule has 0 radical (unpaired) electrons. The van der Waals surface area contributed by atoms with Gasteiger partial charge in [0.25, 0.3) is 0 Å². The second-order valence-corrected chi connectivity index (χ2v) is 4.07. The van der Waals surface area contributed by atoms with Gasteiger partial charge in [0.15, 0.2) is 5.82 Å². The van der Waals surface area contributed by atoms with E-state index in [1.807, 2.05) is 31.2 Å². The van der Waals surface area contributed by atoms with Crippen molar-refractivity contribution in [2.24, 2.45) is 0 Å². The van der Waals surface area contributed by atoms with Crippen LogP contribution in [0.25, 0.3) is 17.1 Å². The van der Waals surface area contributed by atoms with E-state index in [-0.39, 0.29) is 0 Å². The second kappa shape index (κ2) is 4.56. The standard InChI is InChI=1S/C13H12N4O2/c1-9-7-13(15-19-9)17-8-12(14-16-17)10-3-5-11(18-2)6-4-10/h3-8H,1-2H3. The molecule has 2 heterocycles. The number of ether oxygens (including phenoxy) is 1. The number of nitrogens with zero attached hydrogens (tertiary/aromatic N) is 4. The summed E-state index contributed by atoms with van der Waals surface area (Å²) in [7, 11) is 1.64. The maximum Gasteiger partial charge on any atom is 0.198 e. The van der Waals surface area contributed by atoms with Gasteiger partial charge in [-0.2, -0.15) is 4.68 Å². The first-order valence-electron chi connectivity index (χ1n) is 5.77. The van der Waals surface area contributed by atoms with Gasteiger partial charge in [-0.05, 0) is 31.2 Å².